The zero-order valence-corrected chi connectivity index (χ0v) is 9.70. The van der Waals surface area contributed by atoms with Crippen molar-refractivity contribution in [3.63, 3.8) is 0 Å². The number of aliphatic hydroxyl groups is 1. The van der Waals surface area contributed by atoms with Crippen LogP contribution >= 0.6 is 0 Å². The van der Waals surface area contributed by atoms with Crippen LogP contribution in [0.1, 0.15) is 13.8 Å². The largest absolute Gasteiger partial charge is 0.394 e. The van der Waals surface area contributed by atoms with Crippen LogP contribution in [-0.2, 0) is 32.7 Å². The molecule has 1 rings (SSSR count). The van der Waals surface area contributed by atoms with Gasteiger partial charge in [-0.3, -0.25) is 0 Å². The van der Waals surface area contributed by atoms with Gasteiger partial charge in [-0.15, -0.1) is 0 Å². The van der Waals surface area contributed by atoms with E-state index in [1.165, 1.54) is 0 Å². The molecule has 0 saturated heterocycles. The van der Waals surface area contributed by atoms with Crippen LogP contribution in [0.15, 0.2) is 24.5 Å². The molecule has 2 nitrogen and oxygen atoms in total. The number of pyridine rings is 1. The molecular weight excluding hydrogens is 215 g/mol. The molecule has 1 aromatic rings. The first-order chi connectivity index (χ1) is 4.73. The molecule has 0 aliphatic heterocycles. The summed E-state index contributed by atoms with van der Waals surface area (Å²) < 4.78 is 0. The van der Waals surface area contributed by atoms with Gasteiger partial charge in [0.1, 0.15) is 0 Å². The molecule has 1 radical (unpaired) electrons. The second kappa shape index (κ2) is 10.2. The standard InChI is InChI=1S/C5H4N.C3H8O.Y/c1-2-4-6-5-3-1;1-3(2)4;/h2-5H;3-4H,1-2H3;/q-1;;. The summed E-state index contributed by atoms with van der Waals surface area (Å²) in [5.74, 6) is 0. The van der Waals surface area contributed by atoms with E-state index in [9.17, 15) is 0 Å². The molecule has 0 amide bonds. The SMILES string of the molecule is CC(C)O.[Y].[c-]1ccncc1. The number of hydrogen-bond donors (Lipinski definition) is 1. The molecule has 1 heterocycles. The van der Waals surface area contributed by atoms with Crippen molar-refractivity contribution in [2.45, 2.75) is 20.0 Å². The third-order valence-electron chi connectivity index (χ3n) is 0.514. The Bertz CT molecular complexity index is 115. The quantitative estimate of drug-likeness (QED) is 0.677. The topological polar surface area (TPSA) is 33.1 Å². The van der Waals surface area contributed by atoms with Gasteiger partial charge in [-0.1, -0.05) is 12.4 Å². The van der Waals surface area contributed by atoms with Crippen LogP contribution in [0.2, 0.25) is 0 Å². The van der Waals surface area contributed by atoms with Crippen LogP contribution in [0.5, 0.6) is 0 Å². The van der Waals surface area contributed by atoms with E-state index in [4.69, 9.17) is 5.11 Å². The Morgan fingerprint density at radius 3 is 1.73 bits per heavy atom. The van der Waals surface area contributed by atoms with Gasteiger partial charge in [0, 0.05) is 38.8 Å². The van der Waals surface area contributed by atoms with Gasteiger partial charge in [0.15, 0.2) is 0 Å². The molecule has 0 bridgehead atoms. The number of hydrogen-bond acceptors (Lipinski definition) is 2. The summed E-state index contributed by atoms with van der Waals surface area (Å²) in [4.78, 5) is 3.75. The summed E-state index contributed by atoms with van der Waals surface area (Å²) in [6, 6.07) is 6.36. The monoisotopic (exact) mass is 227 g/mol. The number of aliphatic hydroxyl groups excluding tert-OH is 1. The predicted octanol–water partition coefficient (Wildman–Crippen LogP) is 1.27. The van der Waals surface area contributed by atoms with Crippen LogP contribution < -0.4 is 0 Å². The Hall–Kier alpha value is 0.214. The second-order valence-electron chi connectivity index (χ2n) is 2.04. The van der Waals surface area contributed by atoms with Crippen LogP contribution in [0, 0.1) is 6.07 Å². The van der Waals surface area contributed by atoms with E-state index < -0.39 is 0 Å². The molecule has 0 unspecified atom stereocenters. The minimum atomic E-state index is -0.167. The van der Waals surface area contributed by atoms with Gasteiger partial charge in [-0.2, -0.15) is 18.2 Å². The van der Waals surface area contributed by atoms with Crippen molar-refractivity contribution >= 4 is 0 Å². The van der Waals surface area contributed by atoms with Crippen molar-refractivity contribution in [1.82, 2.24) is 4.98 Å². The molecule has 0 spiro atoms. The van der Waals surface area contributed by atoms with Crippen LogP contribution in [-0.4, -0.2) is 16.2 Å². The van der Waals surface area contributed by atoms with E-state index >= 15 is 0 Å². The average molecular weight is 227 g/mol. The zero-order chi connectivity index (χ0) is 7.82. The molecule has 0 aromatic carbocycles. The third kappa shape index (κ3) is 17.8. The summed E-state index contributed by atoms with van der Waals surface area (Å²) in [6.45, 7) is 3.44. The van der Waals surface area contributed by atoms with E-state index in [0.717, 1.165) is 0 Å². The Morgan fingerprint density at radius 2 is 1.64 bits per heavy atom. The first-order valence-electron chi connectivity index (χ1n) is 3.17. The van der Waals surface area contributed by atoms with Crippen molar-refractivity contribution in [2.75, 3.05) is 0 Å². The van der Waals surface area contributed by atoms with E-state index in [2.05, 4.69) is 11.1 Å². The Kier molecular flexibility index (Phi) is 12.8. The van der Waals surface area contributed by atoms with Crippen molar-refractivity contribution < 1.29 is 37.8 Å². The minimum Gasteiger partial charge on any atom is -0.394 e. The molecule has 0 aliphatic rings. The normalized spacial score (nSPS) is 7.64. The summed E-state index contributed by atoms with van der Waals surface area (Å²) in [6.07, 6.45) is 3.22. The second-order valence-corrected chi connectivity index (χ2v) is 2.04. The third-order valence-corrected chi connectivity index (χ3v) is 0.514. The maximum Gasteiger partial charge on any atom is 0.0483 e. The first kappa shape index (κ1) is 13.8. The number of nitrogens with zero attached hydrogens (tertiary/aromatic N) is 1. The Labute approximate surface area is 92.9 Å². The van der Waals surface area contributed by atoms with Crippen LogP contribution in [0.4, 0.5) is 0 Å². The molecule has 0 fully saturated rings. The van der Waals surface area contributed by atoms with Gasteiger partial charge >= 0.3 is 0 Å². The smallest absolute Gasteiger partial charge is 0.0483 e. The van der Waals surface area contributed by atoms with Crippen LogP contribution in [0.3, 0.4) is 0 Å². The van der Waals surface area contributed by atoms with Crippen LogP contribution in [0.25, 0.3) is 0 Å². The maximum absolute atomic E-state index is 8.06. The fraction of sp³-hybridized carbons (Fsp3) is 0.375. The number of rotatable bonds is 0. The predicted molar refractivity (Wildman–Crippen MR) is 40.4 cm³/mol. The summed E-state index contributed by atoms with van der Waals surface area (Å²) >= 11 is 0. The Morgan fingerprint density at radius 1 is 1.27 bits per heavy atom. The fourth-order valence-electron chi connectivity index (χ4n) is 0.277. The molecule has 1 aromatic heterocycles. The summed E-state index contributed by atoms with van der Waals surface area (Å²) in [5.41, 5.74) is 0. The van der Waals surface area contributed by atoms with Gasteiger partial charge in [0.2, 0.25) is 0 Å². The Balaban J connectivity index is 0. The summed E-state index contributed by atoms with van der Waals surface area (Å²) in [7, 11) is 0. The zero-order valence-electron chi connectivity index (χ0n) is 6.86. The van der Waals surface area contributed by atoms with E-state index in [1.54, 1.807) is 38.4 Å². The minimum absolute atomic E-state index is 0. The van der Waals surface area contributed by atoms with Gasteiger partial charge < -0.3 is 10.1 Å². The van der Waals surface area contributed by atoms with Crippen molar-refractivity contribution in [1.29, 1.82) is 0 Å². The molecule has 0 saturated carbocycles. The van der Waals surface area contributed by atoms with Crippen molar-refractivity contribution in [2.24, 2.45) is 0 Å². The fourth-order valence-corrected chi connectivity index (χ4v) is 0.277. The van der Waals surface area contributed by atoms with Gasteiger partial charge in [0.25, 0.3) is 0 Å². The molecular formula is C8H12NOY-. The van der Waals surface area contributed by atoms with E-state index in [-0.39, 0.29) is 38.8 Å². The molecule has 1 N–H and O–H groups in total. The molecule has 0 aliphatic carbocycles. The molecule has 59 valence electrons. The van der Waals surface area contributed by atoms with Crippen molar-refractivity contribution in [3.8, 4) is 0 Å². The average Bonchev–Trinajstić information content (AvgIpc) is 1.90. The van der Waals surface area contributed by atoms with Gasteiger partial charge in [-0.25, -0.2) is 0 Å². The van der Waals surface area contributed by atoms with Gasteiger partial charge in [0.05, 0.1) is 0 Å². The summed E-state index contributed by atoms with van der Waals surface area (Å²) in [5, 5.41) is 8.06. The first-order valence-corrected chi connectivity index (χ1v) is 3.17. The maximum atomic E-state index is 8.06. The molecule has 11 heavy (non-hydrogen) atoms. The molecule has 3 heteroatoms. The van der Waals surface area contributed by atoms with E-state index in [0.29, 0.717) is 0 Å². The molecule has 0 atom stereocenters. The number of aromatic nitrogens is 1. The van der Waals surface area contributed by atoms with E-state index in [1.807, 2.05) is 0 Å². The van der Waals surface area contributed by atoms with Crippen molar-refractivity contribution in [3.05, 3.63) is 30.6 Å². The van der Waals surface area contributed by atoms with Gasteiger partial charge in [-0.05, 0) is 13.8 Å².